The van der Waals surface area contributed by atoms with Crippen LogP contribution in [-0.2, 0) is 0 Å². The Labute approximate surface area is 113 Å². The first-order chi connectivity index (χ1) is 8.58. The van der Waals surface area contributed by atoms with Crippen molar-refractivity contribution in [3.05, 3.63) is 0 Å². The second-order valence-corrected chi connectivity index (χ2v) is 6.68. The van der Waals surface area contributed by atoms with E-state index in [0.29, 0.717) is 5.92 Å². The predicted molar refractivity (Wildman–Crippen MR) is 77.7 cm³/mol. The molecule has 0 bridgehead atoms. The van der Waals surface area contributed by atoms with Gasteiger partial charge in [0.05, 0.1) is 0 Å². The standard InChI is InChI=1S/C15H31N3/c1-13(2)15(3,12-16)18-10-8-17(9-11-18)14-6-4-5-7-14/h13-14H,4-12,16H2,1-3H3. The molecule has 3 heteroatoms. The Balaban J connectivity index is 1.89. The Morgan fingerprint density at radius 1 is 1.11 bits per heavy atom. The van der Waals surface area contributed by atoms with E-state index in [4.69, 9.17) is 5.73 Å². The van der Waals surface area contributed by atoms with E-state index >= 15 is 0 Å². The molecule has 1 unspecified atom stereocenters. The molecule has 2 fully saturated rings. The third-order valence-corrected chi connectivity index (χ3v) is 5.53. The molecule has 1 aliphatic carbocycles. The van der Waals surface area contributed by atoms with Crippen molar-refractivity contribution in [2.45, 2.75) is 58.0 Å². The van der Waals surface area contributed by atoms with Crippen LogP contribution in [0.15, 0.2) is 0 Å². The largest absolute Gasteiger partial charge is 0.329 e. The summed E-state index contributed by atoms with van der Waals surface area (Å²) < 4.78 is 0. The van der Waals surface area contributed by atoms with E-state index in [1.165, 1.54) is 51.9 Å². The summed E-state index contributed by atoms with van der Waals surface area (Å²) in [6.45, 7) is 12.6. The van der Waals surface area contributed by atoms with Gasteiger partial charge in [0, 0.05) is 44.3 Å². The van der Waals surface area contributed by atoms with Crippen molar-refractivity contribution >= 4 is 0 Å². The van der Waals surface area contributed by atoms with Crippen LogP contribution in [0.2, 0.25) is 0 Å². The van der Waals surface area contributed by atoms with Gasteiger partial charge in [-0.1, -0.05) is 26.7 Å². The molecule has 18 heavy (non-hydrogen) atoms. The van der Waals surface area contributed by atoms with Crippen molar-refractivity contribution in [2.24, 2.45) is 11.7 Å². The average molecular weight is 253 g/mol. The highest BCUT2D eigenvalue weighted by atomic mass is 15.3. The third-order valence-electron chi connectivity index (χ3n) is 5.53. The summed E-state index contributed by atoms with van der Waals surface area (Å²) in [4.78, 5) is 5.35. The topological polar surface area (TPSA) is 32.5 Å². The number of nitrogens with two attached hydrogens (primary N) is 1. The van der Waals surface area contributed by atoms with Gasteiger partial charge >= 0.3 is 0 Å². The molecule has 2 rings (SSSR count). The van der Waals surface area contributed by atoms with Crippen molar-refractivity contribution in [1.29, 1.82) is 0 Å². The minimum atomic E-state index is 0.182. The predicted octanol–water partition coefficient (Wildman–Crippen LogP) is 1.92. The van der Waals surface area contributed by atoms with E-state index in [9.17, 15) is 0 Å². The lowest BCUT2D eigenvalue weighted by Gasteiger charge is -2.48. The van der Waals surface area contributed by atoms with Crippen molar-refractivity contribution in [3.8, 4) is 0 Å². The van der Waals surface area contributed by atoms with Crippen LogP contribution in [0, 0.1) is 5.92 Å². The van der Waals surface area contributed by atoms with Crippen molar-refractivity contribution in [2.75, 3.05) is 32.7 Å². The minimum absolute atomic E-state index is 0.182. The molecule has 1 atom stereocenters. The van der Waals surface area contributed by atoms with E-state index in [0.717, 1.165) is 12.6 Å². The fourth-order valence-electron chi connectivity index (χ4n) is 3.60. The summed E-state index contributed by atoms with van der Waals surface area (Å²) in [7, 11) is 0. The van der Waals surface area contributed by atoms with Gasteiger partial charge in [-0.25, -0.2) is 0 Å². The van der Waals surface area contributed by atoms with Gasteiger partial charge in [0.15, 0.2) is 0 Å². The van der Waals surface area contributed by atoms with Crippen LogP contribution in [-0.4, -0.2) is 54.1 Å². The van der Waals surface area contributed by atoms with E-state index in [-0.39, 0.29) is 5.54 Å². The summed E-state index contributed by atoms with van der Waals surface area (Å²) in [5.41, 5.74) is 6.22. The SMILES string of the molecule is CC(C)C(C)(CN)N1CCN(C2CCCC2)CC1. The third kappa shape index (κ3) is 2.73. The van der Waals surface area contributed by atoms with Crippen molar-refractivity contribution in [1.82, 2.24) is 9.80 Å². The van der Waals surface area contributed by atoms with Crippen LogP contribution in [0.1, 0.15) is 46.5 Å². The van der Waals surface area contributed by atoms with Crippen LogP contribution in [0.4, 0.5) is 0 Å². The lowest BCUT2D eigenvalue weighted by Crippen LogP contribution is -2.61. The molecule has 1 saturated heterocycles. The summed E-state index contributed by atoms with van der Waals surface area (Å²) in [6, 6.07) is 0.885. The number of nitrogens with zero attached hydrogens (tertiary/aromatic N) is 2. The first kappa shape index (κ1) is 14.3. The van der Waals surface area contributed by atoms with Crippen LogP contribution in [0.5, 0.6) is 0 Å². The van der Waals surface area contributed by atoms with Gasteiger partial charge in [-0.2, -0.15) is 0 Å². The van der Waals surface area contributed by atoms with E-state index in [1.807, 2.05) is 0 Å². The van der Waals surface area contributed by atoms with Gasteiger partial charge < -0.3 is 5.73 Å². The normalized spacial score (nSPS) is 27.8. The molecule has 1 aliphatic heterocycles. The number of rotatable bonds is 4. The molecule has 2 N–H and O–H groups in total. The highest BCUT2D eigenvalue weighted by Gasteiger charge is 2.36. The molecule has 0 aromatic rings. The summed E-state index contributed by atoms with van der Waals surface area (Å²) in [5, 5.41) is 0. The zero-order valence-electron chi connectivity index (χ0n) is 12.5. The first-order valence-electron chi connectivity index (χ1n) is 7.77. The molecule has 106 valence electrons. The fourth-order valence-corrected chi connectivity index (χ4v) is 3.60. The number of hydrogen-bond donors (Lipinski definition) is 1. The summed E-state index contributed by atoms with van der Waals surface area (Å²) >= 11 is 0. The number of hydrogen-bond acceptors (Lipinski definition) is 3. The smallest absolute Gasteiger partial charge is 0.0327 e. The summed E-state index contributed by atoms with van der Waals surface area (Å²) in [5.74, 6) is 0.625. The fraction of sp³-hybridized carbons (Fsp3) is 1.00. The van der Waals surface area contributed by atoms with Gasteiger partial charge in [-0.3, -0.25) is 9.80 Å². The monoisotopic (exact) mass is 253 g/mol. The van der Waals surface area contributed by atoms with Crippen LogP contribution >= 0.6 is 0 Å². The van der Waals surface area contributed by atoms with Gasteiger partial charge in [0.25, 0.3) is 0 Å². The Hall–Kier alpha value is -0.120. The van der Waals surface area contributed by atoms with E-state index in [2.05, 4.69) is 30.6 Å². The highest BCUT2D eigenvalue weighted by Crippen LogP contribution is 2.28. The molecular weight excluding hydrogens is 222 g/mol. The Bertz CT molecular complexity index is 252. The average Bonchev–Trinajstić information content (AvgIpc) is 2.91. The van der Waals surface area contributed by atoms with E-state index in [1.54, 1.807) is 0 Å². The maximum Gasteiger partial charge on any atom is 0.0327 e. The maximum absolute atomic E-state index is 6.04. The van der Waals surface area contributed by atoms with Gasteiger partial charge in [0.1, 0.15) is 0 Å². The van der Waals surface area contributed by atoms with Crippen molar-refractivity contribution in [3.63, 3.8) is 0 Å². The van der Waals surface area contributed by atoms with Gasteiger partial charge in [0.2, 0.25) is 0 Å². The number of piperazine rings is 1. The van der Waals surface area contributed by atoms with Gasteiger partial charge in [-0.15, -0.1) is 0 Å². The van der Waals surface area contributed by atoms with E-state index < -0.39 is 0 Å². The van der Waals surface area contributed by atoms with Crippen LogP contribution in [0.25, 0.3) is 0 Å². The Morgan fingerprint density at radius 3 is 2.11 bits per heavy atom. The molecule has 2 aliphatic rings. The maximum atomic E-state index is 6.04. The zero-order chi connectivity index (χ0) is 13.2. The lowest BCUT2D eigenvalue weighted by atomic mass is 9.86. The Kier molecular flexibility index (Phi) is 4.68. The van der Waals surface area contributed by atoms with Crippen molar-refractivity contribution < 1.29 is 0 Å². The summed E-state index contributed by atoms with van der Waals surface area (Å²) in [6.07, 6.45) is 5.74. The van der Waals surface area contributed by atoms with Crippen LogP contribution < -0.4 is 5.73 Å². The first-order valence-corrected chi connectivity index (χ1v) is 7.77. The molecule has 0 aromatic heterocycles. The quantitative estimate of drug-likeness (QED) is 0.831. The minimum Gasteiger partial charge on any atom is -0.329 e. The molecule has 3 nitrogen and oxygen atoms in total. The van der Waals surface area contributed by atoms with Gasteiger partial charge in [-0.05, 0) is 25.7 Å². The molecule has 1 saturated carbocycles. The molecule has 0 aromatic carbocycles. The Morgan fingerprint density at radius 2 is 1.67 bits per heavy atom. The molecule has 0 spiro atoms. The second-order valence-electron chi connectivity index (χ2n) is 6.68. The zero-order valence-corrected chi connectivity index (χ0v) is 12.5. The highest BCUT2D eigenvalue weighted by molar-refractivity contribution is 4.93. The molecular formula is C15H31N3. The molecule has 0 radical (unpaired) electrons. The van der Waals surface area contributed by atoms with Crippen LogP contribution in [0.3, 0.4) is 0 Å². The molecule has 1 heterocycles. The lowest BCUT2D eigenvalue weighted by molar-refractivity contribution is 0.00725. The molecule has 0 amide bonds. The second kappa shape index (κ2) is 5.89.